The van der Waals surface area contributed by atoms with Gasteiger partial charge in [-0.15, -0.1) is 0 Å². The van der Waals surface area contributed by atoms with Crippen molar-refractivity contribution >= 4 is 0 Å². The van der Waals surface area contributed by atoms with Crippen LogP contribution in [0.5, 0.6) is 0 Å². The van der Waals surface area contributed by atoms with E-state index in [0.29, 0.717) is 5.92 Å². The highest BCUT2D eigenvalue weighted by atomic mass is 16.3. The summed E-state index contributed by atoms with van der Waals surface area (Å²) < 4.78 is 0. The number of aliphatic hydroxyl groups is 1. The van der Waals surface area contributed by atoms with E-state index in [9.17, 15) is 5.11 Å². The van der Waals surface area contributed by atoms with Gasteiger partial charge in [0.05, 0.1) is 6.10 Å². The smallest absolute Gasteiger partial charge is 0.0568 e. The van der Waals surface area contributed by atoms with Crippen LogP contribution in [0.2, 0.25) is 0 Å². The Bertz CT molecular complexity index is 176. The van der Waals surface area contributed by atoms with Gasteiger partial charge < -0.3 is 5.11 Å². The molecule has 13 heavy (non-hydrogen) atoms. The van der Waals surface area contributed by atoms with Crippen molar-refractivity contribution in [3.8, 4) is 0 Å². The third-order valence-electron chi connectivity index (χ3n) is 4.54. The summed E-state index contributed by atoms with van der Waals surface area (Å²) in [4.78, 5) is 0. The molecule has 0 heterocycles. The first-order chi connectivity index (χ1) is 5.88. The molecule has 0 aromatic rings. The van der Waals surface area contributed by atoms with Gasteiger partial charge in [0.15, 0.2) is 0 Å². The zero-order valence-corrected chi connectivity index (χ0v) is 9.67. The quantitative estimate of drug-likeness (QED) is 0.664. The average Bonchev–Trinajstić information content (AvgIpc) is 2.01. The normalized spacial score (nSPS) is 48.9. The molecule has 1 nitrogen and oxygen atoms in total. The maximum Gasteiger partial charge on any atom is 0.0568 e. The van der Waals surface area contributed by atoms with Gasteiger partial charge in [-0.3, -0.25) is 0 Å². The predicted octanol–water partition coefficient (Wildman–Crippen LogP) is 3.08. The fraction of sp³-hybridized carbons (Fsp3) is 1.00. The molecule has 5 unspecified atom stereocenters. The highest BCUT2D eigenvalue weighted by Crippen LogP contribution is 2.47. The van der Waals surface area contributed by atoms with E-state index in [1.165, 1.54) is 12.8 Å². The summed E-state index contributed by atoms with van der Waals surface area (Å²) in [5.41, 5.74) is 0.145. The molecule has 5 atom stereocenters. The average molecular weight is 184 g/mol. The Morgan fingerprint density at radius 1 is 1.23 bits per heavy atom. The minimum atomic E-state index is -0.169. The maximum atomic E-state index is 9.81. The van der Waals surface area contributed by atoms with Gasteiger partial charge in [-0.2, -0.15) is 0 Å². The Balaban J connectivity index is 2.76. The van der Waals surface area contributed by atoms with E-state index in [-0.39, 0.29) is 11.5 Å². The number of hydrogen-bond donors (Lipinski definition) is 1. The molecule has 1 fully saturated rings. The first-order valence-corrected chi connectivity index (χ1v) is 5.56. The van der Waals surface area contributed by atoms with Crippen molar-refractivity contribution in [2.45, 2.75) is 53.6 Å². The number of aliphatic hydroxyl groups excluding tert-OH is 1. The van der Waals surface area contributed by atoms with Crippen LogP contribution in [0.15, 0.2) is 0 Å². The molecule has 1 rings (SSSR count). The van der Waals surface area contributed by atoms with Crippen molar-refractivity contribution in [1.82, 2.24) is 0 Å². The SMILES string of the molecule is CC1CC(C)C(C)(C(C)O)CC1C. The Hall–Kier alpha value is -0.0400. The molecule has 1 N–H and O–H groups in total. The van der Waals surface area contributed by atoms with Gasteiger partial charge >= 0.3 is 0 Å². The zero-order valence-electron chi connectivity index (χ0n) is 9.67. The summed E-state index contributed by atoms with van der Waals surface area (Å²) in [6.07, 6.45) is 2.27. The number of hydrogen-bond acceptors (Lipinski definition) is 1. The molecular formula is C12H24O. The predicted molar refractivity (Wildman–Crippen MR) is 56.5 cm³/mol. The second-order valence-corrected chi connectivity index (χ2v) is 5.48. The van der Waals surface area contributed by atoms with Gasteiger partial charge in [0.25, 0.3) is 0 Å². The van der Waals surface area contributed by atoms with E-state index in [1.54, 1.807) is 0 Å². The van der Waals surface area contributed by atoms with E-state index >= 15 is 0 Å². The van der Waals surface area contributed by atoms with Crippen molar-refractivity contribution in [2.75, 3.05) is 0 Å². The number of rotatable bonds is 1. The van der Waals surface area contributed by atoms with Gasteiger partial charge in [0.1, 0.15) is 0 Å². The molecule has 1 heteroatoms. The molecule has 1 saturated carbocycles. The fourth-order valence-electron chi connectivity index (χ4n) is 2.74. The molecular weight excluding hydrogens is 160 g/mol. The first-order valence-electron chi connectivity index (χ1n) is 5.56. The second kappa shape index (κ2) is 3.61. The summed E-state index contributed by atoms with van der Waals surface area (Å²) in [6, 6.07) is 0. The fourth-order valence-corrected chi connectivity index (χ4v) is 2.74. The maximum absolute atomic E-state index is 9.81. The lowest BCUT2D eigenvalue weighted by molar-refractivity contribution is -0.0465. The van der Waals surface area contributed by atoms with Gasteiger partial charge in [-0.05, 0) is 42.9 Å². The topological polar surface area (TPSA) is 20.2 Å². The van der Waals surface area contributed by atoms with Crippen LogP contribution in [0.3, 0.4) is 0 Å². The van der Waals surface area contributed by atoms with E-state index in [1.807, 2.05) is 6.92 Å². The summed E-state index contributed by atoms with van der Waals surface area (Å²) in [5.74, 6) is 2.23. The van der Waals surface area contributed by atoms with Gasteiger partial charge in [0, 0.05) is 0 Å². The van der Waals surface area contributed by atoms with Crippen LogP contribution < -0.4 is 0 Å². The highest BCUT2D eigenvalue weighted by Gasteiger charge is 2.42. The molecule has 78 valence electrons. The van der Waals surface area contributed by atoms with Crippen LogP contribution in [-0.4, -0.2) is 11.2 Å². The van der Waals surface area contributed by atoms with E-state index in [2.05, 4.69) is 27.7 Å². The molecule has 1 aliphatic rings. The molecule has 0 spiro atoms. The lowest BCUT2D eigenvalue weighted by Gasteiger charge is -2.47. The minimum Gasteiger partial charge on any atom is -0.393 e. The molecule has 0 amide bonds. The Labute approximate surface area is 82.5 Å². The Kier molecular flexibility index (Phi) is 3.06. The highest BCUT2D eigenvalue weighted by molar-refractivity contribution is 4.92. The first kappa shape index (κ1) is 11.0. The molecule has 0 bridgehead atoms. The zero-order chi connectivity index (χ0) is 10.2. The molecule has 0 radical (unpaired) electrons. The van der Waals surface area contributed by atoms with Crippen molar-refractivity contribution in [2.24, 2.45) is 23.2 Å². The molecule has 0 aromatic carbocycles. The van der Waals surface area contributed by atoms with Gasteiger partial charge in [0.2, 0.25) is 0 Å². The van der Waals surface area contributed by atoms with E-state index in [4.69, 9.17) is 0 Å². The lowest BCUT2D eigenvalue weighted by atomic mass is 9.59. The van der Waals surface area contributed by atoms with E-state index < -0.39 is 0 Å². The monoisotopic (exact) mass is 184 g/mol. The third-order valence-corrected chi connectivity index (χ3v) is 4.54. The van der Waals surface area contributed by atoms with E-state index in [0.717, 1.165) is 11.8 Å². The van der Waals surface area contributed by atoms with Crippen molar-refractivity contribution < 1.29 is 5.11 Å². The van der Waals surface area contributed by atoms with Crippen molar-refractivity contribution in [1.29, 1.82) is 0 Å². The molecule has 1 aliphatic carbocycles. The second-order valence-electron chi connectivity index (χ2n) is 5.48. The molecule has 0 aliphatic heterocycles. The summed E-state index contributed by atoms with van der Waals surface area (Å²) in [5, 5.41) is 9.81. The van der Waals surface area contributed by atoms with Crippen LogP contribution in [0, 0.1) is 23.2 Å². The van der Waals surface area contributed by atoms with Crippen molar-refractivity contribution in [3.63, 3.8) is 0 Å². The van der Waals surface area contributed by atoms with Gasteiger partial charge in [-0.1, -0.05) is 27.7 Å². The van der Waals surface area contributed by atoms with Crippen molar-refractivity contribution in [3.05, 3.63) is 0 Å². The summed E-state index contributed by atoms with van der Waals surface area (Å²) >= 11 is 0. The summed E-state index contributed by atoms with van der Waals surface area (Å²) in [7, 11) is 0. The van der Waals surface area contributed by atoms with Crippen LogP contribution in [0.1, 0.15) is 47.5 Å². The molecule has 0 saturated heterocycles. The largest absolute Gasteiger partial charge is 0.393 e. The Morgan fingerprint density at radius 3 is 2.23 bits per heavy atom. The van der Waals surface area contributed by atoms with Crippen LogP contribution in [0.4, 0.5) is 0 Å². The third kappa shape index (κ3) is 1.90. The summed E-state index contributed by atoms with van der Waals surface area (Å²) in [6.45, 7) is 11.1. The van der Waals surface area contributed by atoms with Crippen LogP contribution >= 0.6 is 0 Å². The Morgan fingerprint density at radius 2 is 1.77 bits per heavy atom. The lowest BCUT2D eigenvalue weighted by Crippen LogP contribution is -2.43. The molecule has 0 aromatic heterocycles. The minimum absolute atomic E-state index is 0.145. The standard InChI is InChI=1S/C12H24O/c1-8-6-10(3)12(5,11(4)13)7-9(8)2/h8-11,13H,6-7H2,1-5H3. The van der Waals surface area contributed by atoms with Crippen LogP contribution in [0.25, 0.3) is 0 Å². The van der Waals surface area contributed by atoms with Gasteiger partial charge in [-0.25, -0.2) is 0 Å². The van der Waals surface area contributed by atoms with Crippen LogP contribution in [-0.2, 0) is 0 Å².